The number of nitrogens with two attached hydrogens (primary N) is 1. The fourth-order valence-corrected chi connectivity index (χ4v) is 1.57. The SMILES string of the molecule is NC(=O)c1cccc(-c2ccc(F)cc2)c1F. The van der Waals surface area contributed by atoms with Gasteiger partial charge < -0.3 is 5.73 Å². The summed E-state index contributed by atoms with van der Waals surface area (Å²) < 4.78 is 26.7. The average Bonchev–Trinajstić information content (AvgIpc) is 2.30. The van der Waals surface area contributed by atoms with Gasteiger partial charge in [0.05, 0.1) is 5.56 Å². The van der Waals surface area contributed by atoms with E-state index in [-0.39, 0.29) is 11.1 Å². The second kappa shape index (κ2) is 4.33. The van der Waals surface area contributed by atoms with Gasteiger partial charge in [-0.25, -0.2) is 8.78 Å². The van der Waals surface area contributed by atoms with Crippen LogP contribution < -0.4 is 5.73 Å². The minimum Gasteiger partial charge on any atom is -0.366 e. The Labute approximate surface area is 96.7 Å². The maximum atomic E-state index is 13.9. The van der Waals surface area contributed by atoms with Gasteiger partial charge in [0.2, 0.25) is 0 Å². The molecule has 2 aromatic carbocycles. The third-order valence-corrected chi connectivity index (χ3v) is 2.42. The van der Waals surface area contributed by atoms with Crippen LogP contribution in [-0.2, 0) is 0 Å². The van der Waals surface area contributed by atoms with Gasteiger partial charge in [-0.05, 0) is 23.8 Å². The van der Waals surface area contributed by atoms with Crippen LogP contribution >= 0.6 is 0 Å². The fraction of sp³-hybridized carbons (Fsp3) is 0. The molecule has 4 heteroatoms. The summed E-state index contributed by atoms with van der Waals surface area (Å²) in [5, 5.41) is 0. The van der Waals surface area contributed by atoms with Crippen molar-refractivity contribution in [2.24, 2.45) is 5.73 Å². The summed E-state index contributed by atoms with van der Waals surface area (Å²) in [4.78, 5) is 11.0. The molecule has 0 atom stereocenters. The zero-order chi connectivity index (χ0) is 12.4. The molecule has 2 N–H and O–H groups in total. The van der Waals surface area contributed by atoms with Gasteiger partial charge in [-0.3, -0.25) is 4.79 Å². The van der Waals surface area contributed by atoms with Crippen molar-refractivity contribution >= 4 is 5.91 Å². The molecule has 0 aromatic heterocycles. The molecule has 0 spiro atoms. The molecule has 0 heterocycles. The molecule has 1 amide bonds. The molecular formula is C13H9F2NO. The van der Waals surface area contributed by atoms with Gasteiger partial charge >= 0.3 is 0 Å². The Morgan fingerprint density at radius 3 is 2.24 bits per heavy atom. The van der Waals surface area contributed by atoms with Gasteiger partial charge in [-0.1, -0.05) is 24.3 Å². The van der Waals surface area contributed by atoms with E-state index in [1.807, 2.05) is 0 Å². The number of hydrogen-bond donors (Lipinski definition) is 1. The largest absolute Gasteiger partial charge is 0.366 e. The summed E-state index contributed by atoms with van der Waals surface area (Å²) in [6, 6.07) is 9.69. The fourth-order valence-electron chi connectivity index (χ4n) is 1.57. The summed E-state index contributed by atoms with van der Waals surface area (Å²) in [5.41, 5.74) is 5.59. The van der Waals surface area contributed by atoms with Crippen LogP contribution in [0.3, 0.4) is 0 Å². The van der Waals surface area contributed by atoms with Crippen LogP contribution in [-0.4, -0.2) is 5.91 Å². The Hall–Kier alpha value is -2.23. The number of hydrogen-bond acceptors (Lipinski definition) is 1. The Morgan fingerprint density at radius 1 is 1.00 bits per heavy atom. The van der Waals surface area contributed by atoms with Crippen LogP contribution in [0, 0.1) is 11.6 Å². The van der Waals surface area contributed by atoms with Crippen molar-refractivity contribution in [2.45, 2.75) is 0 Å². The predicted molar refractivity (Wildman–Crippen MR) is 60.3 cm³/mol. The van der Waals surface area contributed by atoms with Crippen molar-refractivity contribution < 1.29 is 13.6 Å². The lowest BCUT2D eigenvalue weighted by atomic mass is 10.0. The molecule has 0 aliphatic rings. The average molecular weight is 233 g/mol. The zero-order valence-electron chi connectivity index (χ0n) is 8.78. The minimum atomic E-state index is -0.827. The van der Waals surface area contributed by atoms with E-state index in [1.165, 1.54) is 42.5 Å². The minimum absolute atomic E-state index is 0.174. The van der Waals surface area contributed by atoms with Crippen LogP contribution in [0.1, 0.15) is 10.4 Å². The van der Waals surface area contributed by atoms with Gasteiger partial charge in [-0.2, -0.15) is 0 Å². The molecule has 0 saturated heterocycles. The maximum Gasteiger partial charge on any atom is 0.251 e. The summed E-state index contributed by atoms with van der Waals surface area (Å²) >= 11 is 0. The Kier molecular flexibility index (Phi) is 2.87. The van der Waals surface area contributed by atoms with Gasteiger partial charge in [0.1, 0.15) is 11.6 Å². The van der Waals surface area contributed by atoms with E-state index in [4.69, 9.17) is 5.73 Å². The second-order valence-corrected chi connectivity index (χ2v) is 3.54. The van der Waals surface area contributed by atoms with E-state index in [2.05, 4.69) is 0 Å². The van der Waals surface area contributed by atoms with Gasteiger partial charge in [0, 0.05) is 5.56 Å². The maximum absolute atomic E-state index is 13.9. The lowest BCUT2D eigenvalue weighted by Gasteiger charge is -2.06. The van der Waals surface area contributed by atoms with Crippen molar-refractivity contribution in [3.8, 4) is 11.1 Å². The highest BCUT2D eigenvalue weighted by Crippen LogP contribution is 2.24. The number of rotatable bonds is 2. The Balaban J connectivity index is 2.56. The third-order valence-electron chi connectivity index (χ3n) is 2.42. The second-order valence-electron chi connectivity index (χ2n) is 3.54. The van der Waals surface area contributed by atoms with E-state index in [1.54, 1.807) is 0 Å². The van der Waals surface area contributed by atoms with Crippen LogP contribution in [0.25, 0.3) is 11.1 Å². The number of carbonyl (C=O) groups is 1. The molecule has 0 unspecified atom stereocenters. The standard InChI is InChI=1S/C13H9F2NO/c14-9-6-4-8(5-7-9)10-2-1-3-11(12(10)15)13(16)17/h1-7H,(H2,16,17). The predicted octanol–water partition coefficient (Wildman–Crippen LogP) is 2.73. The molecule has 0 saturated carbocycles. The lowest BCUT2D eigenvalue weighted by molar-refractivity contribution is 0.0996. The van der Waals surface area contributed by atoms with Crippen molar-refractivity contribution in [3.05, 3.63) is 59.7 Å². The number of amides is 1. The molecule has 2 rings (SSSR count). The first-order chi connectivity index (χ1) is 8.09. The van der Waals surface area contributed by atoms with Crippen molar-refractivity contribution in [2.75, 3.05) is 0 Å². The van der Waals surface area contributed by atoms with Gasteiger partial charge in [0.15, 0.2) is 0 Å². The number of halogens is 2. The van der Waals surface area contributed by atoms with Gasteiger partial charge in [-0.15, -0.1) is 0 Å². The highest BCUT2D eigenvalue weighted by Gasteiger charge is 2.13. The molecule has 2 nitrogen and oxygen atoms in total. The van der Waals surface area contributed by atoms with Crippen molar-refractivity contribution in [1.82, 2.24) is 0 Å². The summed E-state index contributed by atoms with van der Waals surface area (Å²) in [6.45, 7) is 0. The van der Waals surface area contributed by atoms with E-state index < -0.39 is 17.5 Å². The Morgan fingerprint density at radius 2 is 1.65 bits per heavy atom. The van der Waals surface area contributed by atoms with Crippen LogP contribution in [0.4, 0.5) is 8.78 Å². The lowest BCUT2D eigenvalue weighted by Crippen LogP contribution is -2.13. The molecule has 17 heavy (non-hydrogen) atoms. The van der Waals surface area contributed by atoms with Crippen LogP contribution in [0.5, 0.6) is 0 Å². The quantitative estimate of drug-likeness (QED) is 0.851. The summed E-state index contributed by atoms with van der Waals surface area (Å²) in [7, 11) is 0. The number of primary amides is 1. The monoisotopic (exact) mass is 233 g/mol. The summed E-state index contributed by atoms with van der Waals surface area (Å²) in [5.74, 6) is -1.92. The molecule has 0 aliphatic heterocycles. The molecule has 0 aliphatic carbocycles. The normalized spacial score (nSPS) is 10.2. The molecule has 2 aromatic rings. The summed E-state index contributed by atoms with van der Waals surface area (Å²) in [6.07, 6.45) is 0. The van der Waals surface area contributed by atoms with Crippen LogP contribution in [0.2, 0.25) is 0 Å². The van der Waals surface area contributed by atoms with Gasteiger partial charge in [0.25, 0.3) is 5.91 Å². The van der Waals surface area contributed by atoms with E-state index in [0.717, 1.165) is 0 Å². The van der Waals surface area contributed by atoms with E-state index in [9.17, 15) is 13.6 Å². The first-order valence-corrected chi connectivity index (χ1v) is 4.94. The van der Waals surface area contributed by atoms with Crippen molar-refractivity contribution in [3.63, 3.8) is 0 Å². The topological polar surface area (TPSA) is 43.1 Å². The third kappa shape index (κ3) is 2.15. The molecular weight excluding hydrogens is 224 g/mol. The van der Waals surface area contributed by atoms with E-state index in [0.29, 0.717) is 5.56 Å². The molecule has 0 radical (unpaired) electrons. The van der Waals surface area contributed by atoms with E-state index >= 15 is 0 Å². The van der Waals surface area contributed by atoms with Crippen LogP contribution in [0.15, 0.2) is 42.5 Å². The first-order valence-electron chi connectivity index (χ1n) is 4.94. The number of carbonyl (C=O) groups excluding carboxylic acids is 1. The number of benzene rings is 2. The highest BCUT2D eigenvalue weighted by molar-refractivity contribution is 5.94. The molecule has 86 valence electrons. The highest BCUT2D eigenvalue weighted by atomic mass is 19.1. The smallest absolute Gasteiger partial charge is 0.251 e. The molecule has 0 bridgehead atoms. The zero-order valence-corrected chi connectivity index (χ0v) is 8.78. The molecule has 0 fully saturated rings. The first kappa shape index (κ1) is 11.3. The Bertz CT molecular complexity index is 564. The van der Waals surface area contributed by atoms with Crippen molar-refractivity contribution in [1.29, 1.82) is 0 Å².